The summed E-state index contributed by atoms with van der Waals surface area (Å²) in [4.78, 5) is 0. The number of fused-ring (bicyclic) bond motifs is 1. The van der Waals surface area contributed by atoms with Gasteiger partial charge in [0.25, 0.3) is 0 Å². The number of hydrogen-bond acceptors (Lipinski definition) is 2. The van der Waals surface area contributed by atoms with Gasteiger partial charge in [-0.25, -0.2) is 4.68 Å². The number of hydrogen-bond donors (Lipinski definition) is 0. The molecular weight excluding hydrogens is 446 g/mol. The molecule has 4 nitrogen and oxygen atoms in total. The molecule has 2 aromatic heterocycles. The third-order valence-corrected chi connectivity index (χ3v) is 13.9. The molecule has 3 heterocycles. The van der Waals surface area contributed by atoms with Crippen molar-refractivity contribution in [3.8, 4) is 22.7 Å². The third-order valence-electron chi connectivity index (χ3n) is 7.39. The van der Waals surface area contributed by atoms with Gasteiger partial charge in [-0.3, -0.25) is 4.57 Å². The molecule has 0 N–H and O–H groups in total. The number of benzene rings is 1. The summed E-state index contributed by atoms with van der Waals surface area (Å²) >= 11 is 6.41. The van der Waals surface area contributed by atoms with Crippen molar-refractivity contribution in [1.82, 2.24) is 14.3 Å². The molecule has 0 saturated carbocycles. The molecule has 6 heteroatoms. The molecule has 1 aliphatic rings. The molecule has 176 valence electrons. The first kappa shape index (κ1) is 24.1. The number of aromatic nitrogens is 3. The molecule has 0 aliphatic carbocycles. The van der Waals surface area contributed by atoms with E-state index in [1.54, 1.807) is 0 Å². The fourth-order valence-electron chi connectivity index (χ4n) is 5.68. The van der Waals surface area contributed by atoms with Crippen LogP contribution in [0.25, 0.3) is 22.0 Å². The average molecular weight is 482 g/mol. The summed E-state index contributed by atoms with van der Waals surface area (Å²) in [6.45, 7) is 14.9. The molecule has 0 spiro atoms. The maximum atomic E-state index is 6.41. The Labute approximate surface area is 204 Å². The third kappa shape index (κ3) is 4.54. The molecule has 0 bridgehead atoms. The maximum absolute atomic E-state index is 6.41. The van der Waals surface area contributed by atoms with E-state index >= 15 is 0 Å². The summed E-state index contributed by atoms with van der Waals surface area (Å²) in [5.41, 5.74) is 8.87. The minimum Gasteiger partial charge on any atom is -0.357 e. The van der Waals surface area contributed by atoms with E-state index in [1.807, 2.05) is 23.0 Å². The Balaban J connectivity index is 1.80. The van der Waals surface area contributed by atoms with E-state index in [-0.39, 0.29) is 6.23 Å². The van der Waals surface area contributed by atoms with Crippen molar-refractivity contribution in [2.24, 2.45) is 0 Å². The zero-order valence-electron chi connectivity index (χ0n) is 20.7. The van der Waals surface area contributed by atoms with Crippen LogP contribution in [0.15, 0.2) is 36.8 Å². The quantitative estimate of drug-likeness (QED) is 0.274. The molecule has 4 rings (SSSR count). The minimum atomic E-state index is -1.85. The molecule has 1 atom stereocenters. The van der Waals surface area contributed by atoms with Gasteiger partial charge in [0.05, 0.1) is 11.7 Å². The van der Waals surface area contributed by atoms with E-state index in [1.165, 1.54) is 6.42 Å². The molecule has 1 aliphatic heterocycles. The van der Waals surface area contributed by atoms with Crippen LogP contribution in [0.3, 0.4) is 0 Å². The predicted octanol–water partition coefficient (Wildman–Crippen LogP) is 7.88. The number of halogens is 1. The fourth-order valence-corrected chi connectivity index (χ4v) is 11.0. The Morgan fingerprint density at radius 2 is 1.79 bits per heavy atom. The Morgan fingerprint density at radius 1 is 1.06 bits per heavy atom. The van der Waals surface area contributed by atoms with Gasteiger partial charge in [-0.15, -0.1) is 5.54 Å². The summed E-state index contributed by atoms with van der Waals surface area (Å²) in [5, 5.41) is 6.50. The van der Waals surface area contributed by atoms with Gasteiger partial charge in [-0.1, -0.05) is 59.2 Å². The van der Waals surface area contributed by atoms with Crippen LogP contribution < -0.4 is 0 Å². The molecular formula is C27H36ClN3OSi. The first-order valence-electron chi connectivity index (χ1n) is 12.2. The van der Waals surface area contributed by atoms with Crippen LogP contribution in [0.2, 0.25) is 21.6 Å². The standard InChI is InChI=1S/C27H36ClN3OSi/c1-19(2)33(20(3)4,21(5)6)14-12-30-18-25(24-11-10-23(28)15-26(24)30)22-16-29-31(17-22)27-9-7-8-13-32-27/h10-11,15-21,27H,7-9,13H2,1-6H3. The Morgan fingerprint density at radius 3 is 2.42 bits per heavy atom. The Hall–Kier alpha value is -2.00. The van der Waals surface area contributed by atoms with Gasteiger partial charge in [-0.2, -0.15) is 5.10 Å². The summed E-state index contributed by atoms with van der Waals surface area (Å²) in [6.07, 6.45) is 9.55. The van der Waals surface area contributed by atoms with Crippen molar-refractivity contribution >= 4 is 30.6 Å². The van der Waals surface area contributed by atoms with Gasteiger partial charge >= 0.3 is 0 Å². The van der Waals surface area contributed by atoms with Gasteiger partial charge in [0.2, 0.25) is 0 Å². The van der Waals surface area contributed by atoms with Crippen molar-refractivity contribution in [1.29, 1.82) is 0 Å². The van der Waals surface area contributed by atoms with Crippen LogP contribution in [0, 0.1) is 11.6 Å². The van der Waals surface area contributed by atoms with Crippen LogP contribution in [0.5, 0.6) is 0 Å². The van der Waals surface area contributed by atoms with Crippen molar-refractivity contribution in [3.63, 3.8) is 0 Å². The second-order valence-corrected chi connectivity index (χ2v) is 16.3. The van der Waals surface area contributed by atoms with E-state index < -0.39 is 8.07 Å². The van der Waals surface area contributed by atoms with Crippen LogP contribution in [0.1, 0.15) is 67.0 Å². The van der Waals surface area contributed by atoms with Crippen molar-refractivity contribution in [2.75, 3.05) is 6.61 Å². The van der Waals surface area contributed by atoms with Gasteiger partial charge < -0.3 is 4.74 Å². The monoisotopic (exact) mass is 481 g/mol. The van der Waals surface area contributed by atoms with Crippen molar-refractivity contribution in [2.45, 2.75) is 83.7 Å². The summed E-state index contributed by atoms with van der Waals surface area (Å²) in [6, 6.07) is 9.65. The highest BCUT2D eigenvalue weighted by molar-refractivity contribution is 6.90. The zero-order chi connectivity index (χ0) is 23.8. The largest absolute Gasteiger partial charge is 0.357 e. The van der Waals surface area contributed by atoms with E-state index in [9.17, 15) is 0 Å². The lowest BCUT2D eigenvalue weighted by Crippen LogP contribution is -2.43. The molecule has 0 amide bonds. The average Bonchev–Trinajstić information content (AvgIpc) is 3.39. The molecule has 33 heavy (non-hydrogen) atoms. The van der Waals surface area contributed by atoms with Gasteiger partial charge in [0, 0.05) is 46.6 Å². The fraction of sp³-hybridized carbons (Fsp3) is 0.519. The molecule has 1 aromatic carbocycles. The van der Waals surface area contributed by atoms with Gasteiger partial charge in [0.1, 0.15) is 14.3 Å². The number of ether oxygens (including phenoxy) is 1. The highest BCUT2D eigenvalue weighted by Gasteiger charge is 2.41. The van der Waals surface area contributed by atoms with E-state index in [0.29, 0.717) is 16.6 Å². The second-order valence-electron chi connectivity index (χ2n) is 10.2. The molecule has 1 saturated heterocycles. The summed E-state index contributed by atoms with van der Waals surface area (Å²) in [5.74, 6) is 0. The number of nitrogens with zero attached hydrogens (tertiary/aromatic N) is 3. The number of rotatable bonds is 5. The Bertz CT molecular complexity index is 1150. The van der Waals surface area contributed by atoms with Gasteiger partial charge in [-0.05, 0) is 48.0 Å². The van der Waals surface area contributed by atoms with E-state index in [2.05, 4.69) is 81.3 Å². The van der Waals surface area contributed by atoms with E-state index in [0.717, 1.165) is 46.5 Å². The smallest absolute Gasteiger partial charge is 0.150 e. The molecule has 1 fully saturated rings. The summed E-state index contributed by atoms with van der Waals surface area (Å²) in [7, 11) is -1.85. The highest BCUT2D eigenvalue weighted by Crippen LogP contribution is 2.41. The lowest BCUT2D eigenvalue weighted by Gasteiger charge is -2.37. The highest BCUT2D eigenvalue weighted by atomic mass is 35.5. The SMILES string of the molecule is CC(C)[Si](C#Cn1cc(-c2cnn(C3CCCCO3)c2)c2ccc(Cl)cc21)(C(C)C)C(C)C. The predicted molar refractivity (Wildman–Crippen MR) is 141 cm³/mol. The van der Waals surface area contributed by atoms with E-state index in [4.69, 9.17) is 16.3 Å². The lowest BCUT2D eigenvalue weighted by molar-refractivity contribution is -0.0394. The van der Waals surface area contributed by atoms with Crippen molar-refractivity contribution < 1.29 is 4.74 Å². The second kappa shape index (κ2) is 9.70. The maximum Gasteiger partial charge on any atom is 0.150 e. The first-order valence-corrected chi connectivity index (χ1v) is 14.8. The lowest BCUT2D eigenvalue weighted by atomic mass is 10.1. The Kier molecular flexibility index (Phi) is 7.09. The van der Waals surface area contributed by atoms with Crippen molar-refractivity contribution in [3.05, 3.63) is 41.8 Å². The summed E-state index contributed by atoms with van der Waals surface area (Å²) < 4.78 is 9.97. The van der Waals surface area contributed by atoms with Crippen LogP contribution in [-0.2, 0) is 4.74 Å². The van der Waals surface area contributed by atoms with Gasteiger partial charge in [0.15, 0.2) is 0 Å². The molecule has 0 radical (unpaired) electrons. The molecule has 1 unspecified atom stereocenters. The van der Waals surface area contributed by atoms with Crippen LogP contribution in [0.4, 0.5) is 0 Å². The van der Waals surface area contributed by atoms with Crippen LogP contribution >= 0.6 is 11.6 Å². The first-order chi connectivity index (χ1) is 15.7. The molecule has 3 aromatic rings. The minimum absolute atomic E-state index is 0.0322. The zero-order valence-corrected chi connectivity index (χ0v) is 22.5. The van der Waals surface area contributed by atoms with Crippen LogP contribution in [-0.4, -0.2) is 29.0 Å². The topological polar surface area (TPSA) is 32.0 Å². The normalized spacial score (nSPS) is 17.2.